The first-order chi connectivity index (χ1) is 9.16. The van der Waals surface area contributed by atoms with Crippen LogP contribution in [-0.2, 0) is 6.18 Å². The molecule has 0 radical (unpaired) electrons. The molecule has 0 saturated carbocycles. The molecule has 0 amide bonds. The van der Waals surface area contributed by atoms with Gasteiger partial charge in [0.15, 0.2) is 5.84 Å². The lowest BCUT2D eigenvalue weighted by Gasteiger charge is -2.24. The van der Waals surface area contributed by atoms with Gasteiger partial charge in [0.1, 0.15) is 0 Å². The summed E-state index contributed by atoms with van der Waals surface area (Å²) < 4.78 is 38.0. The molecule has 1 rings (SSSR count). The minimum absolute atomic E-state index is 0.0505. The summed E-state index contributed by atoms with van der Waals surface area (Å²) in [6.07, 6.45) is -5.20. The third kappa shape index (κ3) is 3.77. The van der Waals surface area contributed by atoms with Gasteiger partial charge in [-0.25, -0.2) is 0 Å². The van der Waals surface area contributed by atoms with Gasteiger partial charge in [0.25, 0.3) is 0 Å². The van der Waals surface area contributed by atoms with E-state index in [0.717, 1.165) is 12.1 Å². The summed E-state index contributed by atoms with van der Waals surface area (Å²) in [6, 6.07) is 2.93. The summed E-state index contributed by atoms with van der Waals surface area (Å²) in [4.78, 5) is 1.53. The number of nitrogens with zero attached hydrogens (tertiary/aromatic N) is 2. The molecule has 0 aliphatic rings. The van der Waals surface area contributed by atoms with Gasteiger partial charge in [-0.2, -0.15) is 13.2 Å². The molecule has 0 fully saturated rings. The number of anilines is 1. The largest absolute Gasteiger partial charge is 0.416 e. The zero-order valence-electron chi connectivity index (χ0n) is 11.0. The van der Waals surface area contributed by atoms with Crippen LogP contribution in [0.2, 0.25) is 0 Å². The number of aliphatic hydroxyl groups excluding tert-OH is 1. The van der Waals surface area contributed by atoms with E-state index >= 15 is 0 Å². The third-order valence-corrected chi connectivity index (χ3v) is 2.66. The molecule has 5 nitrogen and oxygen atoms in total. The molecule has 0 spiro atoms. The van der Waals surface area contributed by atoms with Crippen molar-refractivity contribution in [3.8, 4) is 0 Å². The minimum atomic E-state index is -4.52. The summed E-state index contributed by atoms with van der Waals surface area (Å²) in [5, 5.41) is 20.7. The Morgan fingerprint density at radius 1 is 1.45 bits per heavy atom. The molecule has 0 aromatic heterocycles. The van der Waals surface area contributed by atoms with E-state index in [4.69, 9.17) is 10.9 Å². The lowest BCUT2D eigenvalue weighted by Crippen LogP contribution is -2.29. The van der Waals surface area contributed by atoms with E-state index in [1.54, 1.807) is 14.0 Å². The fourth-order valence-electron chi connectivity index (χ4n) is 1.80. The molecule has 0 aliphatic carbocycles. The minimum Gasteiger partial charge on any atom is -0.409 e. The molecule has 4 N–H and O–H groups in total. The van der Waals surface area contributed by atoms with Gasteiger partial charge in [-0.3, -0.25) is 0 Å². The lowest BCUT2D eigenvalue weighted by atomic mass is 10.1. The predicted octanol–water partition coefficient (Wildman–Crippen LogP) is 1.62. The Bertz CT molecular complexity index is 501. The molecule has 20 heavy (non-hydrogen) atoms. The van der Waals surface area contributed by atoms with Crippen molar-refractivity contribution in [3.63, 3.8) is 0 Å². The van der Waals surface area contributed by atoms with Gasteiger partial charge in [0, 0.05) is 24.8 Å². The van der Waals surface area contributed by atoms with Gasteiger partial charge in [0.2, 0.25) is 0 Å². The number of oxime groups is 1. The zero-order valence-corrected chi connectivity index (χ0v) is 11.0. The van der Waals surface area contributed by atoms with Crippen LogP contribution in [0.1, 0.15) is 18.1 Å². The van der Waals surface area contributed by atoms with Crippen molar-refractivity contribution in [2.45, 2.75) is 19.2 Å². The second kappa shape index (κ2) is 6.00. The molecule has 1 aromatic carbocycles. The Morgan fingerprint density at radius 2 is 2.05 bits per heavy atom. The first-order valence-corrected chi connectivity index (χ1v) is 5.75. The molecule has 0 saturated heterocycles. The van der Waals surface area contributed by atoms with Crippen LogP contribution < -0.4 is 10.6 Å². The van der Waals surface area contributed by atoms with Gasteiger partial charge >= 0.3 is 6.18 Å². The Hall–Kier alpha value is -1.96. The molecule has 0 aliphatic heterocycles. The highest BCUT2D eigenvalue weighted by Gasteiger charge is 2.31. The summed E-state index contributed by atoms with van der Waals surface area (Å²) in [5.41, 5.74) is 4.80. The number of benzene rings is 1. The maximum Gasteiger partial charge on any atom is 0.416 e. The average molecular weight is 291 g/mol. The van der Waals surface area contributed by atoms with E-state index < -0.39 is 23.7 Å². The Morgan fingerprint density at radius 3 is 2.50 bits per heavy atom. The average Bonchev–Trinajstić information content (AvgIpc) is 2.35. The second-order valence-electron chi connectivity index (χ2n) is 4.44. The molecule has 1 atom stereocenters. The monoisotopic (exact) mass is 291 g/mol. The van der Waals surface area contributed by atoms with Gasteiger partial charge in [0.05, 0.1) is 11.7 Å². The third-order valence-electron chi connectivity index (χ3n) is 2.66. The number of aliphatic hydroxyl groups is 1. The SMILES string of the molecule is CC(O)CN(C)c1ccc(C(F)(F)F)cc1C(N)=NO. The highest BCUT2D eigenvalue weighted by atomic mass is 19.4. The topological polar surface area (TPSA) is 82.1 Å². The van der Waals surface area contributed by atoms with Crippen molar-refractivity contribution in [2.75, 3.05) is 18.5 Å². The number of likely N-dealkylation sites (N-methyl/N-ethyl adjacent to an activating group) is 1. The van der Waals surface area contributed by atoms with E-state index in [1.165, 1.54) is 11.0 Å². The number of nitrogens with two attached hydrogens (primary N) is 1. The first-order valence-electron chi connectivity index (χ1n) is 5.75. The van der Waals surface area contributed by atoms with Crippen LogP contribution in [-0.4, -0.2) is 35.8 Å². The fourth-order valence-corrected chi connectivity index (χ4v) is 1.80. The predicted molar refractivity (Wildman–Crippen MR) is 68.9 cm³/mol. The lowest BCUT2D eigenvalue weighted by molar-refractivity contribution is -0.137. The van der Waals surface area contributed by atoms with Gasteiger partial charge in [-0.15, -0.1) is 0 Å². The molecule has 0 bridgehead atoms. The first kappa shape index (κ1) is 16.1. The van der Waals surface area contributed by atoms with Gasteiger partial charge < -0.3 is 20.9 Å². The van der Waals surface area contributed by atoms with Crippen LogP contribution in [0.5, 0.6) is 0 Å². The Kier molecular flexibility index (Phi) is 4.83. The maximum absolute atomic E-state index is 12.7. The van der Waals surface area contributed by atoms with Crippen LogP contribution in [0, 0.1) is 0 Å². The number of amidine groups is 1. The van der Waals surface area contributed by atoms with Crippen LogP contribution in [0.4, 0.5) is 18.9 Å². The van der Waals surface area contributed by atoms with Crippen molar-refractivity contribution >= 4 is 11.5 Å². The van der Waals surface area contributed by atoms with Crippen molar-refractivity contribution in [2.24, 2.45) is 10.9 Å². The fraction of sp³-hybridized carbons (Fsp3) is 0.417. The highest BCUT2D eigenvalue weighted by molar-refractivity contribution is 6.02. The molecular formula is C12H16F3N3O2. The van der Waals surface area contributed by atoms with Crippen LogP contribution >= 0.6 is 0 Å². The summed E-state index contributed by atoms with van der Waals surface area (Å²) in [6.45, 7) is 1.74. The standard InChI is InChI=1S/C12H16F3N3O2/c1-7(19)6-18(2)10-4-3-8(12(13,14)15)5-9(10)11(16)17-20/h3-5,7,19-20H,6H2,1-2H3,(H2,16,17). The summed E-state index contributed by atoms with van der Waals surface area (Å²) >= 11 is 0. The maximum atomic E-state index is 12.7. The van der Waals surface area contributed by atoms with Crippen molar-refractivity contribution in [1.29, 1.82) is 0 Å². The number of hydrogen-bond donors (Lipinski definition) is 3. The van der Waals surface area contributed by atoms with E-state index in [-0.39, 0.29) is 12.1 Å². The van der Waals surface area contributed by atoms with E-state index in [1.807, 2.05) is 0 Å². The molecule has 8 heteroatoms. The van der Waals surface area contributed by atoms with E-state index in [9.17, 15) is 18.3 Å². The number of alkyl halides is 3. The van der Waals surface area contributed by atoms with E-state index in [2.05, 4.69) is 5.16 Å². The van der Waals surface area contributed by atoms with Gasteiger partial charge in [-0.1, -0.05) is 5.16 Å². The van der Waals surface area contributed by atoms with Crippen molar-refractivity contribution < 1.29 is 23.5 Å². The highest BCUT2D eigenvalue weighted by Crippen LogP contribution is 2.32. The Labute approximate surface area is 114 Å². The smallest absolute Gasteiger partial charge is 0.409 e. The Balaban J connectivity index is 3.31. The van der Waals surface area contributed by atoms with Crippen LogP contribution in [0.25, 0.3) is 0 Å². The molecule has 1 unspecified atom stereocenters. The number of hydrogen-bond acceptors (Lipinski definition) is 4. The summed E-state index contributed by atoms with van der Waals surface area (Å²) in [7, 11) is 1.59. The molecular weight excluding hydrogens is 275 g/mol. The molecule has 1 aromatic rings. The van der Waals surface area contributed by atoms with E-state index in [0.29, 0.717) is 5.69 Å². The van der Waals surface area contributed by atoms with Crippen molar-refractivity contribution in [3.05, 3.63) is 29.3 Å². The quantitative estimate of drug-likeness (QED) is 0.341. The number of rotatable bonds is 4. The normalized spacial score (nSPS) is 14.2. The molecule has 0 heterocycles. The molecule has 112 valence electrons. The second-order valence-corrected chi connectivity index (χ2v) is 4.44. The van der Waals surface area contributed by atoms with Gasteiger partial charge in [-0.05, 0) is 25.1 Å². The zero-order chi connectivity index (χ0) is 15.5. The summed E-state index contributed by atoms with van der Waals surface area (Å²) in [5.74, 6) is -0.427. The van der Waals surface area contributed by atoms with Crippen molar-refractivity contribution in [1.82, 2.24) is 0 Å². The van der Waals surface area contributed by atoms with Crippen LogP contribution in [0.15, 0.2) is 23.4 Å². The number of halogens is 3. The van der Waals surface area contributed by atoms with Crippen LogP contribution in [0.3, 0.4) is 0 Å².